The van der Waals surface area contributed by atoms with E-state index in [0.717, 1.165) is 5.69 Å². The number of rotatable bonds is 6. The van der Waals surface area contributed by atoms with Gasteiger partial charge in [-0.1, -0.05) is 12.7 Å². The molecule has 1 aliphatic heterocycles. The maximum atomic E-state index is 15.3. The first-order valence-corrected chi connectivity index (χ1v) is 9.98. The molecular weight excluding hydrogens is 381 g/mol. The second kappa shape index (κ2) is 9.52. The van der Waals surface area contributed by atoms with Crippen LogP contribution in [0.4, 0.5) is 4.39 Å². The molecule has 0 N–H and O–H groups in total. The molecule has 3 rings (SSSR count). The predicted molar refractivity (Wildman–Crippen MR) is 116 cm³/mol. The first-order valence-electron chi connectivity index (χ1n) is 9.98. The zero-order valence-corrected chi connectivity index (χ0v) is 17.4. The van der Waals surface area contributed by atoms with Crippen molar-refractivity contribution in [2.75, 3.05) is 13.1 Å². The molecule has 7 heteroatoms. The van der Waals surface area contributed by atoms with Gasteiger partial charge in [-0.05, 0) is 44.9 Å². The number of hydrogen-bond acceptors (Lipinski definition) is 5. The molecule has 6 nitrogen and oxygen atoms in total. The largest absolute Gasteiger partial charge is 0.338 e. The monoisotopic (exact) mass is 407 g/mol. The lowest BCUT2D eigenvalue weighted by molar-refractivity contribution is 0.0432. The molecule has 3 heterocycles. The molecular formula is C23H26FN5O. The van der Waals surface area contributed by atoms with Crippen LogP contribution in [0.15, 0.2) is 54.4 Å². The fourth-order valence-corrected chi connectivity index (χ4v) is 3.51. The molecule has 30 heavy (non-hydrogen) atoms. The Hall–Kier alpha value is -3.22. The predicted octanol–water partition coefficient (Wildman–Crippen LogP) is 3.98. The second-order valence-electron chi connectivity index (χ2n) is 7.34. The normalized spacial score (nSPS) is 16.6. The quantitative estimate of drug-likeness (QED) is 0.536. The minimum Gasteiger partial charge on any atom is -0.338 e. The van der Waals surface area contributed by atoms with Crippen molar-refractivity contribution in [3.63, 3.8) is 0 Å². The number of carbonyl (C=O) groups is 1. The molecule has 2 aromatic rings. The zero-order chi connectivity index (χ0) is 21.6. The molecule has 1 fully saturated rings. The van der Waals surface area contributed by atoms with E-state index in [2.05, 4.69) is 26.5 Å². The van der Waals surface area contributed by atoms with Gasteiger partial charge >= 0.3 is 0 Å². The van der Waals surface area contributed by atoms with Crippen LogP contribution < -0.4 is 0 Å². The number of carbonyl (C=O) groups excluding carboxylic acids is 1. The maximum absolute atomic E-state index is 15.3. The smallest absolute Gasteiger partial charge is 0.256 e. The molecule has 0 aliphatic carbocycles. The van der Waals surface area contributed by atoms with E-state index in [4.69, 9.17) is 0 Å². The van der Waals surface area contributed by atoms with Crippen LogP contribution in [0, 0.1) is 6.92 Å². The Balaban J connectivity index is 1.73. The van der Waals surface area contributed by atoms with Gasteiger partial charge in [0.2, 0.25) is 0 Å². The van der Waals surface area contributed by atoms with Crippen molar-refractivity contribution in [2.45, 2.75) is 38.8 Å². The molecule has 0 saturated carbocycles. The number of piperidine rings is 1. The molecule has 1 amide bonds. The first-order chi connectivity index (χ1) is 14.5. The van der Waals surface area contributed by atoms with Gasteiger partial charge in [-0.2, -0.15) is 0 Å². The topological polar surface area (TPSA) is 71.3 Å². The van der Waals surface area contributed by atoms with Crippen LogP contribution in [0.5, 0.6) is 0 Å². The highest BCUT2D eigenvalue weighted by atomic mass is 19.1. The Morgan fingerprint density at radius 1 is 1.30 bits per heavy atom. The summed E-state index contributed by atoms with van der Waals surface area (Å²) in [5.74, 6) is -0.170. The number of halogens is 1. The van der Waals surface area contributed by atoms with E-state index in [1.54, 1.807) is 60.9 Å². The molecule has 0 bridgehead atoms. The highest BCUT2D eigenvalue weighted by molar-refractivity contribution is 5.98. The molecule has 0 radical (unpaired) electrons. The summed E-state index contributed by atoms with van der Waals surface area (Å²) in [6.07, 6.45) is 10.6. The highest BCUT2D eigenvalue weighted by Crippen LogP contribution is 2.31. The summed E-state index contributed by atoms with van der Waals surface area (Å²) in [5.41, 5.74) is 1.55. The highest BCUT2D eigenvalue weighted by Gasteiger charge is 2.37. The van der Waals surface area contributed by atoms with E-state index < -0.39 is 5.67 Å². The summed E-state index contributed by atoms with van der Waals surface area (Å²) in [7, 11) is 0. The number of aliphatic imine (C=N–C) groups is 1. The van der Waals surface area contributed by atoms with E-state index >= 15 is 4.39 Å². The van der Waals surface area contributed by atoms with Crippen molar-refractivity contribution in [2.24, 2.45) is 4.99 Å². The maximum Gasteiger partial charge on any atom is 0.256 e. The van der Waals surface area contributed by atoms with E-state index in [1.165, 1.54) is 0 Å². The van der Waals surface area contributed by atoms with Crippen LogP contribution in [0.1, 0.15) is 47.2 Å². The Kier molecular flexibility index (Phi) is 6.82. The van der Waals surface area contributed by atoms with Crippen LogP contribution >= 0.6 is 0 Å². The lowest BCUT2D eigenvalue weighted by atomic mass is 9.88. The fourth-order valence-electron chi connectivity index (χ4n) is 3.51. The third kappa shape index (κ3) is 5.03. The van der Waals surface area contributed by atoms with Crippen LogP contribution in [0.2, 0.25) is 0 Å². The van der Waals surface area contributed by atoms with Crippen molar-refractivity contribution in [3.8, 4) is 0 Å². The van der Waals surface area contributed by atoms with Gasteiger partial charge in [-0.3, -0.25) is 24.7 Å². The van der Waals surface area contributed by atoms with Crippen molar-refractivity contribution in [3.05, 3.63) is 72.1 Å². The van der Waals surface area contributed by atoms with Gasteiger partial charge < -0.3 is 4.90 Å². The molecule has 1 saturated heterocycles. The third-order valence-corrected chi connectivity index (χ3v) is 5.10. The van der Waals surface area contributed by atoms with Crippen LogP contribution in [0.3, 0.4) is 0 Å². The molecule has 0 unspecified atom stereocenters. The average Bonchev–Trinajstić information content (AvgIpc) is 2.75. The Morgan fingerprint density at radius 2 is 2.07 bits per heavy atom. The Bertz CT molecular complexity index is 960. The number of likely N-dealkylation sites (tertiary alicyclic amines) is 1. The SMILES string of the molecule is C=C/C=C(\N=C/C)c1ncccc1C(=O)N1CCC(F)(Cc2cnc(C)cn2)CC1. The number of aromatic nitrogens is 3. The third-order valence-electron chi connectivity index (χ3n) is 5.10. The number of nitrogens with zero attached hydrogens (tertiary/aromatic N) is 5. The van der Waals surface area contributed by atoms with Crippen molar-refractivity contribution >= 4 is 17.8 Å². The van der Waals surface area contributed by atoms with E-state index in [1.807, 2.05) is 6.92 Å². The second-order valence-corrected chi connectivity index (χ2v) is 7.34. The van der Waals surface area contributed by atoms with Crippen molar-refractivity contribution in [1.29, 1.82) is 0 Å². The van der Waals surface area contributed by atoms with E-state index in [-0.39, 0.29) is 25.2 Å². The summed E-state index contributed by atoms with van der Waals surface area (Å²) in [5, 5.41) is 0. The Labute approximate surface area is 176 Å². The van der Waals surface area contributed by atoms with Gasteiger partial charge in [0.15, 0.2) is 0 Å². The van der Waals surface area contributed by atoms with E-state index in [9.17, 15) is 4.79 Å². The summed E-state index contributed by atoms with van der Waals surface area (Å²) in [6, 6.07) is 3.45. The molecule has 156 valence electrons. The fraction of sp³-hybridized carbons (Fsp3) is 0.348. The van der Waals surface area contributed by atoms with Crippen LogP contribution in [-0.4, -0.2) is 50.7 Å². The molecule has 0 atom stereocenters. The van der Waals surface area contributed by atoms with Gasteiger partial charge in [-0.25, -0.2) is 4.39 Å². The number of allylic oxidation sites excluding steroid dienone is 2. The zero-order valence-electron chi connectivity index (χ0n) is 17.4. The summed E-state index contributed by atoms with van der Waals surface area (Å²) < 4.78 is 15.3. The van der Waals surface area contributed by atoms with Crippen molar-refractivity contribution in [1.82, 2.24) is 19.9 Å². The van der Waals surface area contributed by atoms with E-state index in [0.29, 0.717) is 35.7 Å². The number of pyridine rings is 1. The van der Waals surface area contributed by atoms with Gasteiger partial charge in [-0.15, -0.1) is 0 Å². The van der Waals surface area contributed by atoms with Crippen molar-refractivity contribution < 1.29 is 9.18 Å². The van der Waals surface area contributed by atoms with Crippen LogP contribution in [0.25, 0.3) is 5.70 Å². The van der Waals surface area contributed by atoms with Gasteiger partial charge in [0, 0.05) is 44.3 Å². The number of amides is 1. The van der Waals surface area contributed by atoms with Crippen LogP contribution in [-0.2, 0) is 6.42 Å². The summed E-state index contributed by atoms with van der Waals surface area (Å²) in [6.45, 7) is 8.02. The lowest BCUT2D eigenvalue weighted by Gasteiger charge is -2.36. The minimum atomic E-state index is -1.39. The molecule has 0 aromatic carbocycles. The first kappa shape index (κ1) is 21.5. The Morgan fingerprint density at radius 3 is 2.70 bits per heavy atom. The van der Waals surface area contributed by atoms with Gasteiger partial charge in [0.1, 0.15) is 11.4 Å². The summed E-state index contributed by atoms with van der Waals surface area (Å²) >= 11 is 0. The standard InChI is InChI=1S/C23H26FN5O/c1-4-7-20(25-5-2)21-19(8-6-11-26-21)22(30)29-12-9-23(24,10-13-29)14-18-16-27-17(3)15-28-18/h4-8,11,15-16H,1,9-10,12-14H2,2-3H3/b20-7-,25-5-. The molecule has 1 aliphatic rings. The number of alkyl halides is 1. The minimum absolute atomic E-state index is 0.170. The average molecular weight is 407 g/mol. The molecule has 0 spiro atoms. The number of aryl methyl sites for hydroxylation is 1. The van der Waals surface area contributed by atoms with Gasteiger partial charge in [0.25, 0.3) is 5.91 Å². The van der Waals surface area contributed by atoms with Gasteiger partial charge in [0.05, 0.1) is 22.6 Å². The molecule has 2 aromatic heterocycles. The lowest BCUT2D eigenvalue weighted by Crippen LogP contribution is -2.45. The number of hydrogen-bond donors (Lipinski definition) is 0. The summed E-state index contributed by atoms with van der Waals surface area (Å²) in [4.78, 5) is 32.0.